The van der Waals surface area contributed by atoms with Gasteiger partial charge in [0.15, 0.2) is 10.2 Å². The zero-order valence-corrected chi connectivity index (χ0v) is 14.8. The van der Waals surface area contributed by atoms with Crippen molar-refractivity contribution in [3.05, 3.63) is 71.5 Å². The first kappa shape index (κ1) is 15.7. The van der Waals surface area contributed by atoms with E-state index in [-0.39, 0.29) is 0 Å². The number of furan rings is 1. The molecule has 124 valence electrons. The molecule has 0 spiro atoms. The maximum Gasteiger partial charge on any atom is 0.174 e. The number of H-pyrrole nitrogens is 1. The monoisotopic (exact) mass is 347 g/mol. The minimum absolute atomic E-state index is 0.719. The number of aliphatic imine (C=N–C) groups is 1. The van der Waals surface area contributed by atoms with E-state index in [1.54, 1.807) is 6.21 Å². The SMILES string of the molecule is Cc1ccc(N=Cc2ccc(Sc3nc4ccccc4[nH]3)o2)cc1C. The number of benzene rings is 2. The third-order valence-electron chi connectivity index (χ3n) is 4.00. The van der Waals surface area contributed by atoms with E-state index in [9.17, 15) is 0 Å². The Labute approximate surface area is 150 Å². The zero-order chi connectivity index (χ0) is 17.2. The van der Waals surface area contributed by atoms with Crippen molar-refractivity contribution < 1.29 is 4.42 Å². The van der Waals surface area contributed by atoms with E-state index < -0.39 is 0 Å². The number of aromatic amines is 1. The summed E-state index contributed by atoms with van der Waals surface area (Å²) < 4.78 is 5.81. The van der Waals surface area contributed by atoms with Gasteiger partial charge in [-0.15, -0.1) is 0 Å². The molecule has 0 unspecified atom stereocenters. The Kier molecular flexibility index (Phi) is 4.15. The summed E-state index contributed by atoms with van der Waals surface area (Å²) in [6.45, 7) is 4.18. The van der Waals surface area contributed by atoms with Crippen molar-refractivity contribution >= 4 is 34.7 Å². The van der Waals surface area contributed by atoms with Crippen LogP contribution in [0.5, 0.6) is 0 Å². The molecule has 2 aromatic heterocycles. The molecule has 0 atom stereocenters. The lowest BCUT2D eigenvalue weighted by Gasteiger charge is -1.99. The number of fused-ring (bicyclic) bond motifs is 1. The first-order valence-corrected chi connectivity index (χ1v) is 8.83. The van der Waals surface area contributed by atoms with Crippen LogP contribution >= 0.6 is 11.8 Å². The van der Waals surface area contributed by atoms with Crippen LogP contribution in [0.4, 0.5) is 5.69 Å². The van der Waals surface area contributed by atoms with Gasteiger partial charge in [0.1, 0.15) is 5.76 Å². The lowest BCUT2D eigenvalue weighted by molar-refractivity contribution is 0.468. The van der Waals surface area contributed by atoms with Crippen LogP contribution in [0.2, 0.25) is 0 Å². The number of nitrogens with zero attached hydrogens (tertiary/aromatic N) is 2. The van der Waals surface area contributed by atoms with Gasteiger partial charge in [0.05, 0.1) is 22.9 Å². The Hall–Kier alpha value is -2.79. The van der Waals surface area contributed by atoms with Crippen LogP contribution in [-0.2, 0) is 0 Å². The topological polar surface area (TPSA) is 54.2 Å². The summed E-state index contributed by atoms with van der Waals surface area (Å²) in [5.74, 6) is 0.719. The number of hydrogen-bond acceptors (Lipinski definition) is 4. The minimum Gasteiger partial charge on any atom is -0.448 e. The largest absolute Gasteiger partial charge is 0.448 e. The van der Waals surface area contributed by atoms with Gasteiger partial charge in [-0.1, -0.05) is 18.2 Å². The normalized spacial score (nSPS) is 11.6. The van der Waals surface area contributed by atoms with Gasteiger partial charge < -0.3 is 9.40 Å². The minimum atomic E-state index is 0.719. The number of aryl methyl sites for hydroxylation is 2. The molecule has 0 fully saturated rings. The van der Waals surface area contributed by atoms with E-state index in [1.165, 1.54) is 22.9 Å². The predicted octanol–water partition coefficient (Wildman–Crippen LogP) is 5.67. The molecular weight excluding hydrogens is 330 g/mol. The van der Waals surface area contributed by atoms with Crippen molar-refractivity contribution in [3.63, 3.8) is 0 Å². The number of para-hydroxylation sites is 2. The van der Waals surface area contributed by atoms with Crippen molar-refractivity contribution in [1.82, 2.24) is 9.97 Å². The van der Waals surface area contributed by atoms with Crippen LogP contribution in [0.1, 0.15) is 16.9 Å². The summed E-state index contributed by atoms with van der Waals surface area (Å²) >= 11 is 1.47. The van der Waals surface area contributed by atoms with E-state index in [0.717, 1.165) is 32.7 Å². The van der Waals surface area contributed by atoms with Crippen molar-refractivity contribution in [1.29, 1.82) is 0 Å². The Morgan fingerprint density at radius 2 is 1.92 bits per heavy atom. The smallest absolute Gasteiger partial charge is 0.174 e. The Bertz CT molecular complexity index is 1030. The van der Waals surface area contributed by atoms with Gasteiger partial charge in [0, 0.05) is 0 Å². The molecule has 1 N–H and O–H groups in total. The fourth-order valence-electron chi connectivity index (χ4n) is 2.48. The molecule has 2 aromatic carbocycles. The number of aromatic nitrogens is 2. The predicted molar refractivity (Wildman–Crippen MR) is 102 cm³/mol. The molecule has 25 heavy (non-hydrogen) atoms. The van der Waals surface area contributed by atoms with E-state index in [0.29, 0.717) is 0 Å². The van der Waals surface area contributed by atoms with E-state index in [2.05, 4.69) is 40.9 Å². The molecule has 5 heteroatoms. The van der Waals surface area contributed by atoms with Crippen molar-refractivity contribution in [3.8, 4) is 0 Å². The summed E-state index contributed by atoms with van der Waals surface area (Å²) in [5.41, 5.74) is 5.39. The fourth-order valence-corrected chi connectivity index (χ4v) is 3.25. The van der Waals surface area contributed by atoms with Crippen LogP contribution in [0.3, 0.4) is 0 Å². The molecule has 0 saturated carbocycles. The second kappa shape index (κ2) is 6.61. The Morgan fingerprint density at radius 3 is 2.76 bits per heavy atom. The molecule has 0 radical (unpaired) electrons. The van der Waals surface area contributed by atoms with Crippen LogP contribution in [0.15, 0.2) is 74.3 Å². The van der Waals surface area contributed by atoms with Gasteiger partial charge in [-0.3, -0.25) is 4.99 Å². The first-order chi connectivity index (χ1) is 12.2. The van der Waals surface area contributed by atoms with Crippen LogP contribution in [0.25, 0.3) is 11.0 Å². The highest BCUT2D eigenvalue weighted by atomic mass is 32.2. The van der Waals surface area contributed by atoms with Gasteiger partial charge in [-0.25, -0.2) is 4.98 Å². The number of hydrogen-bond donors (Lipinski definition) is 1. The standard InChI is InChI=1S/C20H17N3OS/c1-13-7-8-15(11-14(13)2)21-12-16-9-10-19(24-16)25-20-22-17-5-3-4-6-18(17)23-20/h3-12H,1-2H3,(H,22,23). The zero-order valence-electron chi connectivity index (χ0n) is 14.0. The van der Waals surface area contributed by atoms with Crippen molar-refractivity contribution in [2.45, 2.75) is 24.1 Å². The summed E-state index contributed by atoms with van der Waals surface area (Å²) in [7, 11) is 0. The van der Waals surface area contributed by atoms with Crippen LogP contribution in [-0.4, -0.2) is 16.2 Å². The van der Waals surface area contributed by atoms with Gasteiger partial charge in [-0.05, 0) is 73.1 Å². The third kappa shape index (κ3) is 3.51. The van der Waals surface area contributed by atoms with Crippen molar-refractivity contribution in [2.75, 3.05) is 0 Å². The average molecular weight is 347 g/mol. The maximum absolute atomic E-state index is 5.81. The summed E-state index contributed by atoms with van der Waals surface area (Å²) in [6.07, 6.45) is 1.74. The summed E-state index contributed by atoms with van der Waals surface area (Å²) in [4.78, 5) is 12.3. The molecule has 0 aliphatic heterocycles. The summed E-state index contributed by atoms with van der Waals surface area (Å²) in [5, 5.41) is 1.59. The lowest BCUT2D eigenvalue weighted by Crippen LogP contribution is -1.79. The molecule has 0 bridgehead atoms. The Balaban J connectivity index is 1.49. The molecule has 2 heterocycles. The third-order valence-corrected chi connectivity index (χ3v) is 4.81. The van der Waals surface area contributed by atoms with Gasteiger partial charge in [0.25, 0.3) is 0 Å². The lowest BCUT2D eigenvalue weighted by atomic mass is 10.1. The van der Waals surface area contributed by atoms with Gasteiger partial charge in [0.2, 0.25) is 0 Å². The highest BCUT2D eigenvalue weighted by Gasteiger charge is 2.07. The molecule has 4 aromatic rings. The number of rotatable bonds is 4. The molecule has 4 nitrogen and oxygen atoms in total. The van der Waals surface area contributed by atoms with Gasteiger partial charge >= 0.3 is 0 Å². The second-order valence-corrected chi connectivity index (χ2v) is 6.84. The first-order valence-electron chi connectivity index (χ1n) is 8.01. The highest BCUT2D eigenvalue weighted by Crippen LogP contribution is 2.28. The molecule has 0 aliphatic carbocycles. The maximum atomic E-state index is 5.81. The fraction of sp³-hybridized carbons (Fsp3) is 0.100. The van der Waals surface area contributed by atoms with Crippen molar-refractivity contribution in [2.24, 2.45) is 4.99 Å². The van der Waals surface area contributed by atoms with Gasteiger partial charge in [-0.2, -0.15) is 0 Å². The Morgan fingerprint density at radius 1 is 1.04 bits per heavy atom. The molecule has 0 aliphatic rings. The number of imidazole rings is 1. The molecular formula is C20H17N3OS. The van der Waals surface area contributed by atoms with Crippen LogP contribution in [0, 0.1) is 13.8 Å². The van der Waals surface area contributed by atoms with E-state index in [1.807, 2.05) is 42.5 Å². The number of nitrogens with one attached hydrogen (secondary N) is 1. The highest BCUT2D eigenvalue weighted by molar-refractivity contribution is 7.99. The van der Waals surface area contributed by atoms with E-state index >= 15 is 0 Å². The van der Waals surface area contributed by atoms with E-state index in [4.69, 9.17) is 4.42 Å². The molecule has 0 saturated heterocycles. The summed E-state index contributed by atoms with van der Waals surface area (Å²) in [6, 6.07) is 18.0. The second-order valence-electron chi connectivity index (χ2n) is 5.84. The quantitative estimate of drug-likeness (QED) is 0.484. The molecule has 4 rings (SSSR count). The average Bonchev–Trinajstić information content (AvgIpc) is 3.22. The molecule has 0 amide bonds. The van der Waals surface area contributed by atoms with Crippen LogP contribution < -0.4 is 0 Å².